The fraction of sp³-hybridized carbons (Fsp3) is 0. The topological polar surface area (TPSA) is 9.86 Å². The van der Waals surface area contributed by atoms with E-state index in [2.05, 4.69) is 155 Å². The van der Waals surface area contributed by atoms with Crippen LogP contribution in [0.25, 0.3) is 98.4 Å². The minimum absolute atomic E-state index is 1.19. The lowest BCUT2D eigenvalue weighted by molar-refractivity contribution is 1.18. The van der Waals surface area contributed by atoms with Gasteiger partial charge in [0.15, 0.2) is 0 Å². The van der Waals surface area contributed by atoms with Gasteiger partial charge in [0.25, 0.3) is 0 Å². The first-order chi connectivity index (χ1) is 21.8. The molecule has 10 aromatic rings. The zero-order chi connectivity index (χ0) is 28.5. The molecule has 1 aliphatic rings. The fourth-order valence-electron chi connectivity index (χ4n) is 8.16. The highest BCUT2D eigenvalue weighted by Gasteiger charge is 2.26. The Kier molecular flexibility index (Phi) is 4.10. The molecule has 0 amide bonds. The minimum Gasteiger partial charge on any atom is -0.309 e. The molecule has 2 heteroatoms. The maximum absolute atomic E-state index is 2.49. The van der Waals surface area contributed by atoms with Crippen molar-refractivity contribution in [1.82, 2.24) is 9.13 Å². The van der Waals surface area contributed by atoms with Crippen molar-refractivity contribution < 1.29 is 0 Å². The first-order valence-corrected chi connectivity index (χ1v) is 15.3. The predicted octanol–water partition coefficient (Wildman–Crippen LogP) is 11.3. The largest absolute Gasteiger partial charge is 0.309 e. The molecular weight excluding hydrogens is 532 g/mol. The molecule has 2 nitrogen and oxygen atoms in total. The number of rotatable bonds is 2. The number of aromatic nitrogens is 2. The second-order valence-electron chi connectivity index (χ2n) is 12.2. The van der Waals surface area contributed by atoms with E-state index >= 15 is 0 Å². The summed E-state index contributed by atoms with van der Waals surface area (Å²) in [6, 6.07) is 54.0. The summed E-state index contributed by atoms with van der Waals surface area (Å²) >= 11 is 0. The molecule has 0 spiro atoms. The third-order valence-electron chi connectivity index (χ3n) is 9.94. The van der Waals surface area contributed by atoms with E-state index < -0.39 is 0 Å². The van der Waals surface area contributed by atoms with Crippen LogP contribution in [0.2, 0.25) is 0 Å². The Labute approximate surface area is 252 Å². The maximum Gasteiger partial charge on any atom is 0.0548 e. The first-order valence-electron chi connectivity index (χ1n) is 15.3. The fourth-order valence-corrected chi connectivity index (χ4v) is 8.16. The number of hydrogen-bond donors (Lipinski definition) is 0. The number of nitrogens with zero attached hydrogens (tertiary/aromatic N) is 2. The Balaban J connectivity index is 1.33. The van der Waals surface area contributed by atoms with Gasteiger partial charge in [0.1, 0.15) is 0 Å². The van der Waals surface area contributed by atoms with Crippen LogP contribution in [-0.2, 0) is 0 Å². The average Bonchev–Trinajstić information content (AvgIpc) is 3.56. The van der Waals surface area contributed by atoms with Crippen molar-refractivity contribution >= 4 is 75.9 Å². The van der Waals surface area contributed by atoms with Gasteiger partial charge in [-0.3, -0.25) is 0 Å². The molecule has 0 aliphatic heterocycles. The normalized spacial score (nSPS) is 12.5. The van der Waals surface area contributed by atoms with E-state index in [0.717, 1.165) is 0 Å². The Morgan fingerprint density at radius 2 is 0.795 bits per heavy atom. The van der Waals surface area contributed by atoms with E-state index in [9.17, 15) is 0 Å². The Hall–Kier alpha value is -5.86. The van der Waals surface area contributed by atoms with Crippen molar-refractivity contribution in [2.75, 3.05) is 0 Å². The Morgan fingerprint density at radius 1 is 0.273 bits per heavy atom. The van der Waals surface area contributed by atoms with Crippen LogP contribution >= 0.6 is 0 Å². The van der Waals surface area contributed by atoms with Crippen LogP contribution in [0, 0.1) is 0 Å². The van der Waals surface area contributed by atoms with Gasteiger partial charge < -0.3 is 9.13 Å². The molecule has 8 aromatic carbocycles. The van der Waals surface area contributed by atoms with Crippen LogP contribution in [0.5, 0.6) is 0 Å². The van der Waals surface area contributed by atoms with Crippen LogP contribution in [0.3, 0.4) is 0 Å². The van der Waals surface area contributed by atoms with Gasteiger partial charge in [-0.05, 0) is 98.7 Å². The Bertz CT molecular complexity index is 2870. The first kappa shape index (κ1) is 22.7. The highest BCUT2D eigenvalue weighted by Crippen LogP contribution is 2.51. The number of hydrogen-bond acceptors (Lipinski definition) is 0. The average molecular weight is 557 g/mol. The summed E-state index contributed by atoms with van der Waals surface area (Å²) in [6.45, 7) is 0. The van der Waals surface area contributed by atoms with Crippen LogP contribution in [0.1, 0.15) is 0 Å². The lowest BCUT2D eigenvalue weighted by Crippen LogP contribution is -1.94. The molecule has 0 radical (unpaired) electrons. The standard InChI is InChI=1S/C42H24N2/c1-2-10-30(11-3-1)43-34-14-6-12-32-33-13-7-15-35-40(33)42-37(21-18-25-17-20-36(43)41(38(25)42)39(32)34)44(35)31-19-16-28-22-26-8-4-5-9-27(26)23-29(28)24-31/h1-24H. The summed E-state index contributed by atoms with van der Waals surface area (Å²) in [7, 11) is 0. The molecule has 0 fully saturated rings. The molecule has 0 saturated carbocycles. The molecule has 0 unspecified atom stereocenters. The summed E-state index contributed by atoms with van der Waals surface area (Å²) in [5.41, 5.74) is 10.0. The quantitative estimate of drug-likeness (QED) is 0.187. The van der Waals surface area contributed by atoms with E-state index in [1.54, 1.807) is 0 Å². The third kappa shape index (κ3) is 2.72. The highest BCUT2D eigenvalue weighted by molar-refractivity contribution is 6.38. The molecule has 44 heavy (non-hydrogen) atoms. The molecule has 0 N–H and O–H groups in total. The van der Waals surface area contributed by atoms with E-state index in [0.29, 0.717) is 0 Å². The predicted molar refractivity (Wildman–Crippen MR) is 187 cm³/mol. The molecule has 1 aliphatic carbocycles. The van der Waals surface area contributed by atoms with E-state index in [1.807, 2.05) is 0 Å². The van der Waals surface area contributed by atoms with Crippen LogP contribution < -0.4 is 0 Å². The maximum atomic E-state index is 2.49. The molecule has 11 rings (SSSR count). The van der Waals surface area contributed by atoms with Gasteiger partial charge in [-0.2, -0.15) is 0 Å². The zero-order valence-corrected chi connectivity index (χ0v) is 23.8. The smallest absolute Gasteiger partial charge is 0.0548 e. The van der Waals surface area contributed by atoms with Gasteiger partial charge in [-0.25, -0.2) is 0 Å². The summed E-state index contributed by atoms with van der Waals surface area (Å²) in [5.74, 6) is 0. The van der Waals surface area contributed by atoms with Gasteiger partial charge in [-0.15, -0.1) is 0 Å². The number of para-hydroxylation sites is 1. The van der Waals surface area contributed by atoms with Gasteiger partial charge in [0, 0.05) is 38.3 Å². The van der Waals surface area contributed by atoms with Crippen LogP contribution in [-0.4, -0.2) is 9.13 Å². The molecule has 0 atom stereocenters. The lowest BCUT2D eigenvalue weighted by atomic mass is 9.98. The van der Waals surface area contributed by atoms with E-state index in [4.69, 9.17) is 0 Å². The Morgan fingerprint density at radius 3 is 1.45 bits per heavy atom. The van der Waals surface area contributed by atoms with Gasteiger partial charge in [0.05, 0.1) is 22.1 Å². The molecule has 0 bridgehead atoms. The van der Waals surface area contributed by atoms with Crippen molar-refractivity contribution in [3.63, 3.8) is 0 Å². The van der Waals surface area contributed by atoms with E-state index in [1.165, 1.54) is 98.4 Å². The van der Waals surface area contributed by atoms with Crippen LogP contribution in [0.4, 0.5) is 0 Å². The SMILES string of the molecule is c1ccc(-n2c3cccc4c3c3c5c(ccc32)ccc2c5c3c-4cccc3n2-c2ccc3cc4ccccc4cc3c2)cc1. The second-order valence-corrected chi connectivity index (χ2v) is 12.2. The van der Waals surface area contributed by atoms with Crippen LogP contribution in [0.15, 0.2) is 146 Å². The van der Waals surface area contributed by atoms with Gasteiger partial charge >= 0.3 is 0 Å². The zero-order valence-electron chi connectivity index (χ0n) is 23.8. The minimum atomic E-state index is 1.19. The molecule has 202 valence electrons. The second kappa shape index (κ2) is 7.94. The molecule has 2 heterocycles. The number of benzene rings is 8. The van der Waals surface area contributed by atoms with Crippen molar-refractivity contribution in [3.05, 3.63) is 146 Å². The van der Waals surface area contributed by atoms with Crippen molar-refractivity contribution in [3.8, 4) is 22.5 Å². The molecule has 2 aromatic heterocycles. The summed E-state index contributed by atoms with van der Waals surface area (Å²) < 4.78 is 4.93. The van der Waals surface area contributed by atoms with Gasteiger partial charge in [0.2, 0.25) is 0 Å². The van der Waals surface area contributed by atoms with Gasteiger partial charge in [-0.1, -0.05) is 84.9 Å². The molecule has 0 saturated heterocycles. The molecular formula is C42H24N2. The van der Waals surface area contributed by atoms with Crippen molar-refractivity contribution in [1.29, 1.82) is 0 Å². The summed E-state index contributed by atoms with van der Waals surface area (Å²) in [4.78, 5) is 0. The van der Waals surface area contributed by atoms with E-state index in [-0.39, 0.29) is 0 Å². The summed E-state index contributed by atoms with van der Waals surface area (Å²) in [5, 5.41) is 13.1. The third-order valence-corrected chi connectivity index (χ3v) is 9.94. The summed E-state index contributed by atoms with van der Waals surface area (Å²) in [6.07, 6.45) is 0. The monoisotopic (exact) mass is 556 g/mol. The lowest BCUT2D eigenvalue weighted by Gasteiger charge is -2.12. The van der Waals surface area contributed by atoms with Crippen molar-refractivity contribution in [2.45, 2.75) is 0 Å². The number of fused-ring (bicyclic) bond motifs is 3. The highest BCUT2D eigenvalue weighted by atomic mass is 15.0. The van der Waals surface area contributed by atoms with Crippen molar-refractivity contribution in [2.24, 2.45) is 0 Å².